The third-order valence-corrected chi connectivity index (χ3v) is 3.54. The van der Waals surface area contributed by atoms with Crippen molar-refractivity contribution in [3.8, 4) is 0 Å². The standard InChI is InChI=1S/C16H23N3O/c1-10(2)15(12(4)17)16-18-14(19-20-16)9-13-7-5-11(3)6-8-13/h5-8,10,12,15H,9,17H2,1-4H3. The van der Waals surface area contributed by atoms with Crippen LogP contribution in [0, 0.1) is 12.8 Å². The molecule has 2 aromatic rings. The van der Waals surface area contributed by atoms with Gasteiger partial charge in [-0.1, -0.05) is 48.8 Å². The van der Waals surface area contributed by atoms with E-state index in [9.17, 15) is 0 Å². The van der Waals surface area contributed by atoms with E-state index in [4.69, 9.17) is 10.3 Å². The fourth-order valence-corrected chi connectivity index (χ4v) is 2.48. The highest BCUT2D eigenvalue weighted by Crippen LogP contribution is 2.25. The van der Waals surface area contributed by atoms with Crippen LogP contribution in [-0.4, -0.2) is 16.2 Å². The van der Waals surface area contributed by atoms with E-state index < -0.39 is 0 Å². The summed E-state index contributed by atoms with van der Waals surface area (Å²) in [5.74, 6) is 1.85. The second-order valence-corrected chi connectivity index (χ2v) is 5.84. The SMILES string of the molecule is Cc1ccc(Cc2noc(C(C(C)C)C(C)N)n2)cc1. The van der Waals surface area contributed by atoms with Crippen LogP contribution in [-0.2, 0) is 6.42 Å². The quantitative estimate of drug-likeness (QED) is 0.909. The predicted molar refractivity (Wildman–Crippen MR) is 79.5 cm³/mol. The normalized spacial score (nSPS) is 14.5. The van der Waals surface area contributed by atoms with Crippen LogP contribution in [0.2, 0.25) is 0 Å². The van der Waals surface area contributed by atoms with Crippen LogP contribution in [0.5, 0.6) is 0 Å². The van der Waals surface area contributed by atoms with Gasteiger partial charge in [-0.25, -0.2) is 0 Å². The third-order valence-electron chi connectivity index (χ3n) is 3.54. The Morgan fingerprint density at radius 1 is 1.15 bits per heavy atom. The molecule has 2 rings (SSSR count). The summed E-state index contributed by atoms with van der Waals surface area (Å²) in [6.07, 6.45) is 0.688. The average molecular weight is 273 g/mol. The van der Waals surface area contributed by atoms with E-state index in [2.05, 4.69) is 55.2 Å². The molecule has 2 atom stereocenters. The molecule has 1 aromatic heterocycles. The highest BCUT2D eigenvalue weighted by Gasteiger charge is 2.26. The van der Waals surface area contributed by atoms with E-state index in [0.29, 0.717) is 18.2 Å². The van der Waals surface area contributed by atoms with Gasteiger partial charge in [0.05, 0.1) is 5.92 Å². The Bertz CT molecular complexity index is 535. The molecule has 0 radical (unpaired) electrons. The van der Waals surface area contributed by atoms with Gasteiger partial charge in [-0.3, -0.25) is 0 Å². The second kappa shape index (κ2) is 6.18. The maximum atomic E-state index is 6.02. The van der Waals surface area contributed by atoms with Crippen LogP contribution in [0.1, 0.15) is 49.5 Å². The van der Waals surface area contributed by atoms with Gasteiger partial charge in [0, 0.05) is 12.5 Å². The third kappa shape index (κ3) is 3.45. The highest BCUT2D eigenvalue weighted by molar-refractivity contribution is 5.23. The monoisotopic (exact) mass is 273 g/mol. The molecule has 0 spiro atoms. The Morgan fingerprint density at radius 3 is 2.35 bits per heavy atom. The Morgan fingerprint density at radius 2 is 1.80 bits per heavy atom. The van der Waals surface area contributed by atoms with Crippen LogP contribution in [0.3, 0.4) is 0 Å². The largest absolute Gasteiger partial charge is 0.339 e. The van der Waals surface area contributed by atoms with Crippen LogP contribution in [0.15, 0.2) is 28.8 Å². The fraction of sp³-hybridized carbons (Fsp3) is 0.500. The Kier molecular flexibility index (Phi) is 4.55. The molecule has 0 amide bonds. The number of hydrogen-bond acceptors (Lipinski definition) is 4. The number of nitrogens with zero attached hydrogens (tertiary/aromatic N) is 2. The number of hydrogen-bond donors (Lipinski definition) is 1. The smallest absolute Gasteiger partial charge is 0.231 e. The molecule has 0 aliphatic heterocycles. The molecule has 1 aromatic carbocycles. The zero-order valence-electron chi connectivity index (χ0n) is 12.6. The van der Waals surface area contributed by atoms with E-state index in [1.54, 1.807) is 0 Å². The predicted octanol–water partition coefficient (Wildman–Crippen LogP) is 3.06. The molecule has 0 saturated carbocycles. The lowest BCUT2D eigenvalue weighted by Gasteiger charge is -2.20. The second-order valence-electron chi connectivity index (χ2n) is 5.84. The molecule has 2 N–H and O–H groups in total. The Balaban J connectivity index is 2.14. The van der Waals surface area contributed by atoms with Crippen molar-refractivity contribution in [1.29, 1.82) is 0 Å². The summed E-state index contributed by atoms with van der Waals surface area (Å²) in [4.78, 5) is 4.51. The van der Waals surface area contributed by atoms with Gasteiger partial charge >= 0.3 is 0 Å². The zero-order valence-corrected chi connectivity index (χ0v) is 12.6. The van der Waals surface area contributed by atoms with E-state index in [-0.39, 0.29) is 12.0 Å². The number of aromatic nitrogens is 2. The molecular weight excluding hydrogens is 250 g/mol. The number of rotatable bonds is 5. The minimum atomic E-state index is 0.00248. The van der Waals surface area contributed by atoms with Crippen molar-refractivity contribution in [1.82, 2.24) is 10.1 Å². The van der Waals surface area contributed by atoms with Gasteiger partial charge in [-0.15, -0.1) is 0 Å². The zero-order chi connectivity index (χ0) is 14.7. The van der Waals surface area contributed by atoms with Crippen molar-refractivity contribution in [2.45, 2.75) is 46.1 Å². The lowest BCUT2D eigenvalue weighted by molar-refractivity contribution is 0.298. The molecule has 0 aliphatic carbocycles. The summed E-state index contributed by atoms with van der Waals surface area (Å²) in [5.41, 5.74) is 8.45. The molecule has 0 bridgehead atoms. The van der Waals surface area contributed by atoms with Crippen molar-refractivity contribution in [2.24, 2.45) is 11.7 Å². The lowest BCUT2D eigenvalue weighted by atomic mass is 9.90. The van der Waals surface area contributed by atoms with Crippen molar-refractivity contribution in [3.63, 3.8) is 0 Å². The first-order valence-electron chi connectivity index (χ1n) is 7.11. The molecule has 20 heavy (non-hydrogen) atoms. The lowest BCUT2D eigenvalue weighted by Crippen LogP contribution is -2.28. The van der Waals surface area contributed by atoms with Crippen LogP contribution >= 0.6 is 0 Å². The van der Waals surface area contributed by atoms with Gasteiger partial charge in [0.25, 0.3) is 0 Å². The van der Waals surface area contributed by atoms with Crippen molar-refractivity contribution in [2.75, 3.05) is 0 Å². The average Bonchev–Trinajstić information content (AvgIpc) is 2.79. The first kappa shape index (κ1) is 14.7. The van der Waals surface area contributed by atoms with Gasteiger partial charge in [0.15, 0.2) is 5.82 Å². The van der Waals surface area contributed by atoms with Crippen molar-refractivity contribution < 1.29 is 4.52 Å². The molecule has 2 unspecified atom stereocenters. The van der Waals surface area contributed by atoms with Crippen LogP contribution in [0.25, 0.3) is 0 Å². The molecule has 4 heteroatoms. The Labute approximate surface area is 120 Å². The number of aryl methyl sites for hydroxylation is 1. The molecule has 4 nitrogen and oxygen atoms in total. The maximum absolute atomic E-state index is 6.02. The number of benzene rings is 1. The van der Waals surface area contributed by atoms with Gasteiger partial charge in [-0.2, -0.15) is 4.98 Å². The topological polar surface area (TPSA) is 64.9 Å². The highest BCUT2D eigenvalue weighted by atomic mass is 16.5. The van der Waals surface area contributed by atoms with E-state index in [1.165, 1.54) is 11.1 Å². The first-order valence-corrected chi connectivity index (χ1v) is 7.11. The molecule has 1 heterocycles. The van der Waals surface area contributed by atoms with E-state index in [1.807, 2.05) is 6.92 Å². The van der Waals surface area contributed by atoms with Crippen LogP contribution in [0.4, 0.5) is 0 Å². The summed E-state index contributed by atoms with van der Waals surface area (Å²) < 4.78 is 5.40. The summed E-state index contributed by atoms with van der Waals surface area (Å²) in [5, 5.41) is 4.08. The van der Waals surface area contributed by atoms with Gasteiger partial charge < -0.3 is 10.3 Å². The van der Waals surface area contributed by atoms with Gasteiger partial charge in [0.2, 0.25) is 5.89 Å². The molecule has 0 fully saturated rings. The number of nitrogens with two attached hydrogens (primary N) is 1. The molecular formula is C16H23N3O. The molecule has 0 aliphatic rings. The minimum Gasteiger partial charge on any atom is -0.339 e. The first-order chi connectivity index (χ1) is 9.47. The van der Waals surface area contributed by atoms with Crippen molar-refractivity contribution >= 4 is 0 Å². The summed E-state index contributed by atoms with van der Waals surface area (Å²) in [6.45, 7) is 8.30. The minimum absolute atomic E-state index is 0.00248. The van der Waals surface area contributed by atoms with E-state index in [0.717, 1.165) is 5.82 Å². The van der Waals surface area contributed by atoms with Gasteiger partial charge in [0.1, 0.15) is 0 Å². The van der Waals surface area contributed by atoms with Crippen molar-refractivity contribution in [3.05, 3.63) is 47.1 Å². The summed E-state index contributed by atoms with van der Waals surface area (Å²) in [6, 6.07) is 8.38. The van der Waals surface area contributed by atoms with E-state index >= 15 is 0 Å². The molecule has 108 valence electrons. The van der Waals surface area contributed by atoms with Crippen LogP contribution < -0.4 is 5.73 Å². The fourth-order valence-electron chi connectivity index (χ4n) is 2.48. The Hall–Kier alpha value is -1.68. The molecule has 0 saturated heterocycles. The maximum Gasteiger partial charge on any atom is 0.231 e. The summed E-state index contributed by atoms with van der Waals surface area (Å²) in [7, 11) is 0. The van der Waals surface area contributed by atoms with Gasteiger partial charge in [-0.05, 0) is 25.3 Å². The summed E-state index contributed by atoms with van der Waals surface area (Å²) >= 11 is 0.